The molecule has 0 amide bonds. The molecule has 0 atom stereocenters. The predicted octanol–water partition coefficient (Wildman–Crippen LogP) is 2.53. The van der Waals surface area contributed by atoms with Gasteiger partial charge in [0.25, 0.3) is 0 Å². The van der Waals surface area contributed by atoms with Crippen molar-refractivity contribution in [3.05, 3.63) is 30.0 Å². The van der Waals surface area contributed by atoms with Crippen molar-refractivity contribution in [1.82, 2.24) is 9.78 Å². The van der Waals surface area contributed by atoms with Crippen LogP contribution in [0.5, 0.6) is 0 Å². The smallest absolute Gasteiger partial charge is 0.357 e. The summed E-state index contributed by atoms with van der Waals surface area (Å²) in [4.78, 5) is 11.0. The second-order valence-electron chi connectivity index (χ2n) is 3.75. The Hall–Kier alpha value is -1.84. The van der Waals surface area contributed by atoms with Gasteiger partial charge in [0.05, 0.1) is 5.52 Å². The van der Waals surface area contributed by atoms with Crippen molar-refractivity contribution in [1.29, 1.82) is 0 Å². The van der Waals surface area contributed by atoms with Crippen molar-refractivity contribution in [3.8, 4) is 0 Å². The molecule has 0 fully saturated rings. The van der Waals surface area contributed by atoms with Crippen molar-refractivity contribution in [2.45, 2.75) is 26.3 Å². The fourth-order valence-corrected chi connectivity index (χ4v) is 1.76. The monoisotopic (exact) mass is 218 g/mol. The first-order valence-electron chi connectivity index (χ1n) is 5.43. The molecular formula is C12H14N2O2. The molecule has 2 aromatic rings. The van der Waals surface area contributed by atoms with E-state index in [-0.39, 0.29) is 5.69 Å². The zero-order valence-electron chi connectivity index (χ0n) is 9.18. The fourth-order valence-electron chi connectivity index (χ4n) is 1.76. The lowest BCUT2D eigenvalue weighted by Crippen LogP contribution is -2.03. The quantitative estimate of drug-likeness (QED) is 0.857. The number of aryl methyl sites for hydroxylation is 1. The van der Waals surface area contributed by atoms with E-state index in [9.17, 15) is 4.79 Å². The second-order valence-corrected chi connectivity index (χ2v) is 3.75. The van der Waals surface area contributed by atoms with E-state index in [2.05, 4.69) is 12.0 Å². The predicted molar refractivity (Wildman–Crippen MR) is 61.6 cm³/mol. The molecule has 16 heavy (non-hydrogen) atoms. The maximum Gasteiger partial charge on any atom is 0.357 e. The summed E-state index contributed by atoms with van der Waals surface area (Å²) in [5.74, 6) is -0.966. The number of carboxylic acid groups (broad SMARTS) is 1. The lowest BCUT2D eigenvalue weighted by atomic mass is 10.2. The van der Waals surface area contributed by atoms with Crippen molar-refractivity contribution < 1.29 is 9.90 Å². The van der Waals surface area contributed by atoms with Crippen LogP contribution in [0.2, 0.25) is 0 Å². The fraction of sp³-hybridized carbons (Fsp3) is 0.333. The Morgan fingerprint density at radius 1 is 1.44 bits per heavy atom. The Morgan fingerprint density at radius 2 is 2.19 bits per heavy atom. The van der Waals surface area contributed by atoms with Gasteiger partial charge in [-0.3, -0.25) is 4.68 Å². The highest BCUT2D eigenvalue weighted by molar-refractivity contribution is 6.01. The van der Waals surface area contributed by atoms with Crippen LogP contribution in [0.1, 0.15) is 30.3 Å². The molecule has 84 valence electrons. The van der Waals surface area contributed by atoms with Crippen LogP contribution in [0, 0.1) is 0 Å². The number of unbranched alkanes of at least 4 members (excludes halogenated alkanes) is 1. The van der Waals surface area contributed by atoms with Gasteiger partial charge in [0.15, 0.2) is 5.69 Å². The molecule has 2 rings (SSSR count). The first-order valence-corrected chi connectivity index (χ1v) is 5.43. The van der Waals surface area contributed by atoms with Gasteiger partial charge < -0.3 is 5.11 Å². The first kappa shape index (κ1) is 10.7. The Bertz CT molecular complexity index is 517. The SMILES string of the molecule is CCCCn1nc(C(=O)O)c2ccccc21. The van der Waals surface area contributed by atoms with Crippen molar-refractivity contribution >= 4 is 16.9 Å². The summed E-state index contributed by atoms with van der Waals surface area (Å²) in [7, 11) is 0. The number of aromatic nitrogens is 2. The highest BCUT2D eigenvalue weighted by Crippen LogP contribution is 2.18. The third kappa shape index (κ3) is 1.78. The van der Waals surface area contributed by atoms with Gasteiger partial charge in [-0.2, -0.15) is 5.10 Å². The van der Waals surface area contributed by atoms with E-state index in [1.165, 1.54) is 0 Å². The number of aromatic carboxylic acids is 1. The topological polar surface area (TPSA) is 55.1 Å². The minimum atomic E-state index is -0.966. The van der Waals surface area contributed by atoms with Crippen LogP contribution < -0.4 is 0 Å². The molecule has 0 aliphatic carbocycles. The van der Waals surface area contributed by atoms with Gasteiger partial charge in [-0.05, 0) is 12.5 Å². The summed E-state index contributed by atoms with van der Waals surface area (Å²) < 4.78 is 1.78. The van der Waals surface area contributed by atoms with E-state index in [0.29, 0.717) is 5.39 Å². The summed E-state index contributed by atoms with van der Waals surface area (Å²) in [6, 6.07) is 7.44. The summed E-state index contributed by atoms with van der Waals surface area (Å²) in [5, 5.41) is 13.9. The molecule has 0 radical (unpaired) electrons. The zero-order valence-corrected chi connectivity index (χ0v) is 9.18. The Balaban J connectivity index is 2.53. The van der Waals surface area contributed by atoms with Crippen LogP contribution >= 0.6 is 0 Å². The Morgan fingerprint density at radius 3 is 2.88 bits per heavy atom. The number of nitrogens with zero attached hydrogens (tertiary/aromatic N) is 2. The average Bonchev–Trinajstić information content (AvgIpc) is 2.65. The number of fused-ring (bicyclic) bond motifs is 1. The number of hydrogen-bond donors (Lipinski definition) is 1. The van der Waals surface area contributed by atoms with Gasteiger partial charge in [-0.15, -0.1) is 0 Å². The van der Waals surface area contributed by atoms with E-state index >= 15 is 0 Å². The van der Waals surface area contributed by atoms with E-state index in [1.54, 1.807) is 10.7 Å². The number of hydrogen-bond acceptors (Lipinski definition) is 2. The summed E-state index contributed by atoms with van der Waals surface area (Å²) in [6.07, 6.45) is 2.07. The second kappa shape index (κ2) is 4.35. The Labute approximate surface area is 93.5 Å². The number of rotatable bonds is 4. The van der Waals surface area contributed by atoms with E-state index < -0.39 is 5.97 Å². The van der Waals surface area contributed by atoms with Crippen LogP contribution in [-0.4, -0.2) is 20.9 Å². The lowest BCUT2D eigenvalue weighted by Gasteiger charge is -2.00. The first-order chi connectivity index (χ1) is 7.74. The number of carboxylic acids is 1. The van der Waals surface area contributed by atoms with Crippen LogP contribution in [-0.2, 0) is 6.54 Å². The highest BCUT2D eigenvalue weighted by Gasteiger charge is 2.14. The average molecular weight is 218 g/mol. The minimum absolute atomic E-state index is 0.145. The summed E-state index contributed by atoms with van der Waals surface area (Å²) >= 11 is 0. The summed E-state index contributed by atoms with van der Waals surface area (Å²) in [6.45, 7) is 2.87. The number of carbonyl (C=O) groups is 1. The molecule has 0 spiro atoms. The number of benzene rings is 1. The molecule has 0 unspecified atom stereocenters. The lowest BCUT2D eigenvalue weighted by molar-refractivity contribution is 0.0691. The number of para-hydroxylation sites is 1. The van der Waals surface area contributed by atoms with E-state index in [1.807, 2.05) is 18.2 Å². The van der Waals surface area contributed by atoms with Gasteiger partial charge in [-0.25, -0.2) is 4.79 Å². The molecule has 0 aliphatic heterocycles. The normalized spacial score (nSPS) is 10.8. The van der Waals surface area contributed by atoms with Crippen molar-refractivity contribution in [2.24, 2.45) is 0 Å². The van der Waals surface area contributed by atoms with Crippen LogP contribution in [0.25, 0.3) is 10.9 Å². The molecule has 1 aromatic carbocycles. The Kier molecular flexibility index (Phi) is 2.90. The molecule has 0 bridgehead atoms. The summed E-state index contributed by atoms with van der Waals surface area (Å²) in [5.41, 5.74) is 1.04. The van der Waals surface area contributed by atoms with Crippen molar-refractivity contribution in [2.75, 3.05) is 0 Å². The van der Waals surface area contributed by atoms with E-state index in [0.717, 1.165) is 24.9 Å². The van der Waals surface area contributed by atoms with E-state index in [4.69, 9.17) is 5.11 Å². The molecule has 0 saturated heterocycles. The third-order valence-electron chi connectivity index (χ3n) is 2.58. The van der Waals surface area contributed by atoms with Gasteiger partial charge >= 0.3 is 5.97 Å². The molecule has 4 nitrogen and oxygen atoms in total. The molecule has 4 heteroatoms. The standard InChI is InChI=1S/C12H14N2O2/c1-2-3-8-14-10-7-5-4-6-9(10)11(13-14)12(15)16/h4-7H,2-3,8H2,1H3,(H,15,16). The van der Waals surface area contributed by atoms with Gasteiger partial charge in [0.2, 0.25) is 0 Å². The molecule has 0 aliphatic rings. The van der Waals surface area contributed by atoms with Gasteiger partial charge in [-0.1, -0.05) is 31.5 Å². The largest absolute Gasteiger partial charge is 0.476 e. The van der Waals surface area contributed by atoms with Gasteiger partial charge in [0.1, 0.15) is 0 Å². The molecule has 1 heterocycles. The molecule has 1 N–H and O–H groups in total. The van der Waals surface area contributed by atoms with Crippen LogP contribution in [0.4, 0.5) is 0 Å². The minimum Gasteiger partial charge on any atom is -0.476 e. The molecule has 0 saturated carbocycles. The molecule has 1 aromatic heterocycles. The van der Waals surface area contributed by atoms with Crippen LogP contribution in [0.3, 0.4) is 0 Å². The zero-order chi connectivity index (χ0) is 11.5. The molecular weight excluding hydrogens is 204 g/mol. The van der Waals surface area contributed by atoms with Crippen molar-refractivity contribution in [3.63, 3.8) is 0 Å². The maximum absolute atomic E-state index is 11.0. The highest BCUT2D eigenvalue weighted by atomic mass is 16.4. The maximum atomic E-state index is 11.0. The third-order valence-corrected chi connectivity index (χ3v) is 2.58. The van der Waals surface area contributed by atoms with Gasteiger partial charge in [0, 0.05) is 11.9 Å². The van der Waals surface area contributed by atoms with Crippen LogP contribution in [0.15, 0.2) is 24.3 Å².